The lowest BCUT2D eigenvalue weighted by Crippen LogP contribution is -3.11. The number of nitrogens with one attached hydrogen (secondary N) is 2. The molecule has 4 heteroatoms. The van der Waals surface area contributed by atoms with E-state index in [0.29, 0.717) is 6.54 Å². The van der Waals surface area contributed by atoms with E-state index in [1.54, 1.807) is 7.11 Å². The number of ether oxygens (including phenoxy) is 1. The highest BCUT2D eigenvalue weighted by Crippen LogP contribution is 2.16. The van der Waals surface area contributed by atoms with Gasteiger partial charge in [0, 0.05) is 11.3 Å². The number of rotatable bonds is 8. The molecule has 0 aliphatic carbocycles. The largest absolute Gasteiger partial charge is 0.496 e. The summed E-state index contributed by atoms with van der Waals surface area (Å²) in [6, 6.07) is 15.9. The summed E-state index contributed by atoms with van der Waals surface area (Å²) >= 11 is 0. The van der Waals surface area contributed by atoms with Crippen molar-refractivity contribution >= 4 is 11.6 Å². The number of quaternary nitrogens is 1. The number of hydrogen-bond donors (Lipinski definition) is 2. The van der Waals surface area contributed by atoms with Crippen molar-refractivity contribution in [2.75, 3.05) is 25.5 Å². The van der Waals surface area contributed by atoms with E-state index in [1.165, 1.54) is 4.90 Å². The highest BCUT2D eigenvalue weighted by Gasteiger charge is 2.16. The van der Waals surface area contributed by atoms with Gasteiger partial charge in [0.15, 0.2) is 6.54 Å². The van der Waals surface area contributed by atoms with E-state index in [1.807, 2.05) is 49.4 Å². The summed E-state index contributed by atoms with van der Waals surface area (Å²) in [7, 11) is 1.68. The number of amides is 1. The molecule has 0 aliphatic rings. The smallest absolute Gasteiger partial charge is 0.279 e. The van der Waals surface area contributed by atoms with Crippen LogP contribution < -0.4 is 15.0 Å². The summed E-state index contributed by atoms with van der Waals surface area (Å²) in [4.78, 5) is 13.7. The minimum absolute atomic E-state index is 0.0441. The van der Waals surface area contributed by atoms with Crippen LogP contribution in [0.15, 0.2) is 48.5 Å². The minimum Gasteiger partial charge on any atom is -0.496 e. The first-order valence-corrected chi connectivity index (χ1v) is 8.45. The molecule has 0 heterocycles. The quantitative estimate of drug-likeness (QED) is 0.782. The first kappa shape index (κ1) is 18.0. The van der Waals surface area contributed by atoms with E-state index in [2.05, 4.69) is 18.3 Å². The van der Waals surface area contributed by atoms with Crippen LogP contribution in [0.5, 0.6) is 5.75 Å². The Morgan fingerprint density at radius 2 is 1.83 bits per heavy atom. The molecule has 0 radical (unpaired) electrons. The Morgan fingerprint density at radius 1 is 1.12 bits per heavy atom. The summed E-state index contributed by atoms with van der Waals surface area (Å²) in [6.07, 6.45) is 1.03. The van der Waals surface area contributed by atoms with Crippen LogP contribution in [0.25, 0.3) is 0 Å². The average Bonchev–Trinajstić information content (AvgIpc) is 2.57. The third-order valence-electron chi connectivity index (χ3n) is 4.07. The number of carbonyl (C=O) groups is 1. The van der Waals surface area contributed by atoms with Crippen molar-refractivity contribution in [3.8, 4) is 5.75 Å². The molecule has 0 saturated carbocycles. The lowest BCUT2D eigenvalue weighted by Gasteiger charge is -2.20. The van der Waals surface area contributed by atoms with E-state index in [9.17, 15) is 4.79 Å². The van der Waals surface area contributed by atoms with E-state index < -0.39 is 0 Å². The van der Waals surface area contributed by atoms with Crippen LogP contribution in [-0.2, 0) is 11.3 Å². The van der Waals surface area contributed by atoms with Crippen molar-refractivity contribution in [2.45, 2.75) is 26.8 Å². The van der Waals surface area contributed by atoms with E-state index in [-0.39, 0.29) is 5.91 Å². The zero-order chi connectivity index (χ0) is 17.4. The molecule has 2 aromatic carbocycles. The Morgan fingerprint density at radius 3 is 2.54 bits per heavy atom. The summed E-state index contributed by atoms with van der Waals surface area (Å²) < 4.78 is 5.43. The molecule has 1 amide bonds. The van der Waals surface area contributed by atoms with Crippen LogP contribution in [0, 0.1) is 6.92 Å². The van der Waals surface area contributed by atoms with Gasteiger partial charge in [0.1, 0.15) is 12.3 Å². The zero-order valence-corrected chi connectivity index (χ0v) is 14.8. The van der Waals surface area contributed by atoms with Gasteiger partial charge in [0.2, 0.25) is 0 Å². The average molecular weight is 327 g/mol. The second-order valence-corrected chi connectivity index (χ2v) is 6.03. The molecule has 0 aromatic heterocycles. The molecular formula is C20H27N2O2+. The Labute approximate surface area is 144 Å². The van der Waals surface area contributed by atoms with Gasteiger partial charge < -0.3 is 15.0 Å². The van der Waals surface area contributed by atoms with Crippen LogP contribution in [0.3, 0.4) is 0 Å². The standard InChI is InChI=1S/C20H26N2O2/c1-4-13-22(14-17-10-6-8-12-19(17)24-3)15-20(23)21-18-11-7-5-9-16(18)2/h5-12H,4,13-15H2,1-3H3,(H,21,23)/p+1. The Hall–Kier alpha value is -2.33. The molecule has 0 saturated heterocycles. The highest BCUT2D eigenvalue weighted by atomic mass is 16.5. The Balaban J connectivity index is 2.02. The van der Waals surface area contributed by atoms with Gasteiger partial charge >= 0.3 is 0 Å². The second-order valence-electron chi connectivity index (χ2n) is 6.03. The van der Waals surface area contributed by atoms with Gasteiger partial charge in [-0.1, -0.05) is 37.3 Å². The lowest BCUT2D eigenvalue weighted by atomic mass is 10.1. The van der Waals surface area contributed by atoms with Crippen molar-refractivity contribution in [2.24, 2.45) is 0 Å². The maximum atomic E-state index is 12.4. The van der Waals surface area contributed by atoms with Gasteiger partial charge in [-0.15, -0.1) is 0 Å². The number of para-hydroxylation sites is 2. The van der Waals surface area contributed by atoms with Gasteiger partial charge in [0.05, 0.1) is 13.7 Å². The summed E-state index contributed by atoms with van der Waals surface area (Å²) in [6.45, 7) is 6.31. The first-order chi connectivity index (χ1) is 11.6. The topological polar surface area (TPSA) is 42.8 Å². The van der Waals surface area contributed by atoms with Gasteiger partial charge in [-0.2, -0.15) is 0 Å². The molecule has 2 rings (SSSR count). The number of hydrogen-bond acceptors (Lipinski definition) is 2. The molecule has 2 N–H and O–H groups in total. The SMILES string of the molecule is CCC[NH+](CC(=O)Nc1ccccc1C)Cc1ccccc1OC. The molecule has 128 valence electrons. The minimum atomic E-state index is 0.0441. The number of aryl methyl sites for hydroxylation is 1. The normalized spacial score (nSPS) is 11.8. The zero-order valence-electron chi connectivity index (χ0n) is 14.8. The van der Waals surface area contributed by atoms with Crippen LogP contribution in [0.1, 0.15) is 24.5 Å². The molecule has 0 spiro atoms. The van der Waals surface area contributed by atoms with Crippen LogP contribution in [0.4, 0.5) is 5.69 Å². The molecule has 1 atom stereocenters. The van der Waals surface area contributed by atoms with Gasteiger partial charge in [0.25, 0.3) is 5.91 Å². The van der Waals surface area contributed by atoms with Crippen LogP contribution in [-0.4, -0.2) is 26.1 Å². The molecule has 2 aromatic rings. The first-order valence-electron chi connectivity index (χ1n) is 8.45. The van der Waals surface area contributed by atoms with Crippen LogP contribution >= 0.6 is 0 Å². The molecule has 0 fully saturated rings. The fraction of sp³-hybridized carbons (Fsp3) is 0.350. The number of methoxy groups -OCH3 is 1. The molecule has 0 bridgehead atoms. The summed E-state index contributed by atoms with van der Waals surface area (Å²) in [5.41, 5.74) is 3.09. The number of anilines is 1. The van der Waals surface area contributed by atoms with Gasteiger partial charge in [-0.25, -0.2) is 0 Å². The van der Waals surface area contributed by atoms with Crippen molar-refractivity contribution in [1.82, 2.24) is 0 Å². The third-order valence-corrected chi connectivity index (χ3v) is 4.07. The Bertz CT molecular complexity index is 670. The maximum absolute atomic E-state index is 12.4. The van der Waals surface area contributed by atoms with Gasteiger partial charge in [-0.3, -0.25) is 4.79 Å². The monoisotopic (exact) mass is 327 g/mol. The highest BCUT2D eigenvalue weighted by molar-refractivity contribution is 5.92. The fourth-order valence-electron chi connectivity index (χ4n) is 2.85. The van der Waals surface area contributed by atoms with E-state index in [0.717, 1.165) is 42.1 Å². The lowest BCUT2D eigenvalue weighted by molar-refractivity contribution is -0.905. The van der Waals surface area contributed by atoms with Crippen molar-refractivity contribution in [3.63, 3.8) is 0 Å². The number of benzene rings is 2. The van der Waals surface area contributed by atoms with Crippen LogP contribution in [0.2, 0.25) is 0 Å². The molecule has 24 heavy (non-hydrogen) atoms. The van der Waals surface area contributed by atoms with Crippen molar-refractivity contribution < 1.29 is 14.4 Å². The third kappa shape index (κ3) is 5.10. The van der Waals surface area contributed by atoms with Crippen molar-refractivity contribution in [1.29, 1.82) is 0 Å². The van der Waals surface area contributed by atoms with Crippen molar-refractivity contribution in [3.05, 3.63) is 59.7 Å². The Kier molecular flexibility index (Phi) is 6.82. The number of carbonyl (C=O) groups excluding carboxylic acids is 1. The molecule has 0 aliphatic heterocycles. The van der Waals surface area contributed by atoms with Gasteiger partial charge in [-0.05, 0) is 37.1 Å². The summed E-state index contributed by atoms with van der Waals surface area (Å²) in [5, 5.41) is 3.02. The van der Waals surface area contributed by atoms with E-state index in [4.69, 9.17) is 4.74 Å². The summed E-state index contributed by atoms with van der Waals surface area (Å²) in [5.74, 6) is 0.924. The predicted molar refractivity (Wildman–Crippen MR) is 97.5 cm³/mol. The fourth-order valence-corrected chi connectivity index (χ4v) is 2.85. The van der Waals surface area contributed by atoms with E-state index >= 15 is 0 Å². The molecule has 1 unspecified atom stereocenters. The second kappa shape index (κ2) is 9.08. The predicted octanol–water partition coefficient (Wildman–Crippen LogP) is 2.44. The molecular weight excluding hydrogens is 300 g/mol. The maximum Gasteiger partial charge on any atom is 0.279 e. The molecule has 4 nitrogen and oxygen atoms in total.